The number of carbonyl (C=O) groups excluding carboxylic acids is 1. The van der Waals surface area contributed by atoms with E-state index in [4.69, 9.17) is 0 Å². The minimum Gasteiger partial charge on any atom is -0.394 e. The van der Waals surface area contributed by atoms with Gasteiger partial charge >= 0.3 is 0 Å². The number of aliphatic hydroxyl groups is 1. The number of benzene rings is 1. The Kier molecular flexibility index (Phi) is 5.36. The normalized spacial score (nSPS) is 20.8. The van der Waals surface area contributed by atoms with Gasteiger partial charge < -0.3 is 15.7 Å². The summed E-state index contributed by atoms with van der Waals surface area (Å²) in [6, 6.07) is 9.29. The minimum absolute atomic E-state index is 0.0246. The Morgan fingerprint density at radius 2 is 2.21 bits per heavy atom. The van der Waals surface area contributed by atoms with Gasteiger partial charge in [0.2, 0.25) is 5.91 Å². The molecule has 0 saturated carbocycles. The van der Waals surface area contributed by atoms with E-state index in [0.29, 0.717) is 12.3 Å². The van der Waals surface area contributed by atoms with Gasteiger partial charge in [-0.25, -0.2) is 0 Å². The fourth-order valence-electron chi connectivity index (χ4n) is 2.53. The van der Waals surface area contributed by atoms with Gasteiger partial charge in [-0.3, -0.25) is 4.79 Å². The Labute approximate surface area is 114 Å². The number of aliphatic hydroxyl groups excluding tert-OH is 1. The molecule has 2 rings (SSSR count). The lowest BCUT2D eigenvalue weighted by Crippen LogP contribution is -2.36. The molecule has 4 nitrogen and oxygen atoms in total. The van der Waals surface area contributed by atoms with Crippen LogP contribution >= 0.6 is 0 Å². The second kappa shape index (κ2) is 7.26. The number of nitrogens with one attached hydrogen (secondary N) is 2. The lowest BCUT2D eigenvalue weighted by atomic mass is 9.95. The van der Waals surface area contributed by atoms with Crippen molar-refractivity contribution >= 4 is 5.91 Å². The van der Waals surface area contributed by atoms with E-state index in [0.717, 1.165) is 31.5 Å². The molecule has 3 N–H and O–H groups in total. The summed E-state index contributed by atoms with van der Waals surface area (Å²) in [6.07, 6.45) is 2.78. The SMILES string of the molecule is O=C(CC1CCCNC1)N[C@H](CO)c1ccccc1. The average Bonchev–Trinajstić information content (AvgIpc) is 2.47. The molecule has 0 radical (unpaired) electrons. The van der Waals surface area contributed by atoms with Gasteiger partial charge in [-0.15, -0.1) is 0 Å². The molecule has 19 heavy (non-hydrogen) atoms. The van der Waals surface area contributed by atoms with Crippen LogP contribution in [0, 0.1) is 5.92 Å². The van der Waals surface area contributed by atoms with E-state index in [1.165, 1.54) is 0 Å². The summed E-state index contributed by atoms with van der Waals surface area (Å²) in [7, 11) is 0. The number of hydrogen-bond acceptors (Lipinski definition) is 3. The standard InChI is InChI=1S/C15H22N2O2/c18-11-14(13-6-2-1-3-7-13)17-15(19)9-12-5-4-8-16-10-12/h1-3,6-7,12,14,16,18H,4-5,8-11H2,(H,17,19)/t12?,14-/m1/s1. The predicted octanol–water partition coefficient (Wildman–Crippen LogP) is 1.23. The molecule has 1 heterocycles. The monoisotopic (exact) mass is 262 g/mol. The quantitative estimate of drug-likeness (QED) is 0.748. The van der Waals surface area contributed by atoms with Crippen LogP contribution in [0.5, 0.6) is 0 Å². The summed E-state index contributed by atoms with van der Waals surface area (Å²) in [4.78, 5) is 12.0. The number of piperidine rings is 1. The van der Waals surface area contributed by atoms with E-state index in [1.807, 2.05) is 30.3 Å². The van der Waals surface area contributed by atoms with Crippen LogP contribution in [0.3, 0.4) is 0 Å². The molecule has 1 amide bonds. The van der Waals surface area contributed by atoms with Crippen LogP contribution in [0.4, 0.5) is 0 Å². The van der Waals surface area contributed by atoms with E-state index >= 15 is 0 Å². The molecular weight excluding hydrogens is 240 g/mol. The van der Waals surface area contributed by atoms with Crippen LogP contribution in [0.15, 0.2) is 30.3 Å². The first-order chi connectivity index (χ1) is 9.29. The van der Waals surface area contributed by atoms with E-state index in [2.05, 4.69) is 10.6 Å². The summed E-state index contributed by atoms with van der Waals surface area (Å²) in [6.45, 7) is 1.91. The highest BCUT2D eigenvalue weighted by Gasteiger charge is 2.19. The smallest absolute Gasteiger partial charge is 0.220 e. The first-order valence-electron chi connectivity index (χ1n) is 6.95. The van der Waals surface area contributed by atoms with Gasteiger partial charge in [-0.2, -0.15) is 0 Å². The summed E-state index contributed by atoms with van der Waals surface area (Å²) >= 11 is 0. The topological polar surface area (TPSA) is 61.4 Å². The molecule has 0 bridgehead atoms. The molecule has 1 saturated heterocycles. The highest BCUT2D eigenvalue weighted by molar-refractivity contribution is 5.76. The fourth-order valence-corrected chi connectivity index (χ4v) is 2.53. The Morgan fingerprint density at radius 1 is 1.42 bits per heavy atom. The van der Waals surface area contributed by atoms with Crippen molar-refractivity contribution in [2.75, 3.05) is 19.7 Å². The van der Waals surface area contributed by atoms with Gasteiger partial charge in [0.15, 0.2) is 0 Å². The molecular formula is C15H22N2O2. The number of amides is 1. The number of hydrogen-bond donors (Lipinski definition) is 3. The minimum atomic E-state index is -0.301. The van der Waals surface area contributed by atoms with Gasteiger partial charge in [0.25, 0.3) is 0 Å². The van der Waals surface area contributed by atoms with E-state index in [-0.39, 0.29) is 18.6 Å². The maximum atomic E-state index is 12.0. The molecule has 1 aromatic rings. The van der Waals surface area contributed by atoms with E-state index in [9.17, 15) is 9.90 Å². The van der Waals surface area contributed by atoms with Crippen LogP contribution in [0.25, 0.3) is 0 Å². The van der Waals surface area contributed by atoms with Crippen LogP contribution < -0.4 is 10.6 Å². The van der Waals surface area contributed by atoms with Crippen molar-refractivity contribution in [2.45, 2.75) is 25.3 Å². The Hall–Kier alpha value is -1.39. The highest BCUT2D eigenvalue weighted by atomic mass is 16.3. The van der Waals surface area contributed by atoms with Gasteiger partial charge in [0.1, 0.15) is 0 Å². The van der Waals surface area contributed by atoms with Gasteiger partial charge in [0.05, 0.1) is 12.6 Å². The Bertz CT molecular complexity index is 388. The third-order valence-corrected chi connectivity index (χ3v) is 3.59. The lowest BCUT2D eigenvalue weighted by molar-refractivity contribution is -0.123. The first kappa shape index (κ1) is 14.0. The zero-order valence-electron chi connectivity index (χ0n) is 11.1. The van der Waals surface area contributed by atoms with Crippen molar-refractivity contribution < 1.29 is 9.90 Å². The van der Waals surface area contributed by atoms with Gasteiger partial charge in [0, 0.05) is 6.42 Å². The maximum Gasteiger partial charge on any atom is 0.220 e. The molecule has 2 atom stereocenters. The van der Waals surface area contributed by atoms with E-state index < -0.39 is 0 Å². The van der Waals surface area contributed by atoms with Gasteiger partial charge in [-0.1, -0.05) is 30.3 Å². The van der Waals surface area contributed by atoms with Gasteiger partial charge in [-0.05, 0) is 37.4 Å². The second-order valence-electron chi connectivity index (χ2n) is 5.13. The Balaban J connectivity index is 1.85. The van der Waals surface area contributed by atoms with Crippen LogP contribution in [-0.4, -0.2) is 30.7 Å². The third-order valence-electron chi connectivity index (χ3n) is 3.59. The average molecular weight is 262 g/mol. The molecule has 0 aromatic heterocycles. The van der Waals surface area contributed by atoms with Crippen LogP contribution in [-0.2, 0) is 4.79 Å². The van der Waals surface area contributed by atoms with Crippen molar-refractivity contribution in [1.82, 2.24) is 10.6 Å². The molecule has 1 aromatic carbocycles. The van der Waals surface area contributed by atoms with Crippen LogP contribution in [0.2, 0.25) is 0 Å². The second-order valence-corrected chi connectivity index (χ2v) is 5.13. The fraction of sp³-hybridized carbons (Fsp3) is 0.533. The largest absolute Gasteiger partial charge is 0.394 e. The van der Waals surface area contributed by atoms with Crippen molar-refractivity contribution in [3.8, 4) is 0 Å². The molecule has 1 unspecified atom stereocenters. The van der Waals surface area contributed by atoms with E-state index in [1.54, 1.807) is 0 Å². The molecule has 0 spiro atoms. The van der Waals surface area contributed by atoms with Crippen molar-refractivity contribution in [3.63, 3.8) is 0 Å². The summed E-state index contributed by atoms with van der Waals surface area (Å²) in [5, 5.41) is 15.6. The van der Waals surface area contributed by atoms with Crippen molar-refractivity contribution in [1.29, 1.82) is 0 Å². The van der Waals surface area contributed by atoms with Crippen molar-refractivity contribution in [3.05, 3.63) is 35.9 Å². The molecule has 1 aliphatic rings. The summed E-state index contributed by atoms with van der Waals surface area (Å²) < 4.78 is 0. The summed E-state index contributed by atoms with van der Waals surface area (Å²) in [5.41, 5.74) is 0.945. The maximum absolute atomic E-state index is 12.0. The first-order valence-corrected chi connectivity index (χ1v) is 6.95. The predicted molar refractivity (Wildman–Crippen MR) is 74.6 cm³/mol. The number of carbonyl (C=O) groups is 1. The number of rotatable bonds is 5. The summed E-state index contributed by atoms with van der Waals surface area (Å²) in [5.74, 6) is 0.445. The van der Waals surface area contributed by atoms with Crippen LogP contribution in [0.1, 0.15) is 30.9 Å². The molecule has 1 fully saturated rings. The van der Waals surface area contributed by atoms with Crippen molar-refractivity contribution in [2.24, 2.45) is 5.92 Å². The zero-order valence-corrected chi connectivity index (χ0v) is 11.1. The third kappa shape index (κ3) is 4.33. The Morgan fingerprint density at radius 3 is 2.84 bits per heavy atom. The molecule has 104 valence electrons. The molecule has 1 aliphatic heterocycles. The molecule has 0 aliphatic carbocycles. The zero-order chi connectivity index (χ0) is 13.5. The lowest BCUT2D eigenvalue weighted by Gasteiger charge is -2.23. The molecule has 4 heteroatoms. The highest BCUT2D eigenvalue weighted by Crippen LogP contribution is 2.16.